The van der Waals surface area contributed by atoms with Crippen molar-refractivity contribution < 1.29 is 4.79 Å². The van der Waals surface area contributed by atoms with Crippen LogP contribution in [0.4, 0.5) is 11.4 Å². The van der Waals surface area contributed by atoms with Gasteiger partial charge in [0.2, 0.25) is 0 Å². The fraction of sp³-hybridized carbons (Fsp3) is 0.291. The van der Waals surface area contributed by atoms with Gasteiger partial charge in [0.15, 0.2) is 5.78 Å². The van der Waals surface area contributed by atoms with Gasteiger partial charge >= 0.3 is 0 Å². The zero-order valence-electron chi connectivity index (χ0n) is 36.8. The molecule has 1 aromatic heterocycles. The maximum absolute atomic E-state index is 14.5. The van der Waals surface area contributed by atoms with Gasteiger partial charge in [0.05, 0.1) is 16.7 Å². The summed E-state index contributed by atoms with van der Waals surface area (Å²) in [6, 6.07) is 26.5. The fourth-order valence-electron chi connectivity index (χ4n) is 7.97. The predicted molar refractivity (Wildman–Crippen MR) is 252 cm³/mol. The standard InChI is InChI=1S/C55H60N2O/c1-34-16-20-42(57-49-24-18-38(53(7,8)9)31-45(49)46-32-39(54(10,11)12)19-25-50(46)57)29-36(3)43-22-21-41(33-47(43)51(34)58)56-27-26-40(55(13,14)15)28-35(2)44-30-37(52(4,5)6)17-23-48(44)56/h16-33H,1-3H2,4-15H3/b20-16-,27-26-,40-28+,42-29?. The van der Waals surface area contributed by atoms with Crippen molar-refractivity contribution in [2.45, 2.75) is 99.3 Å². The molecule has 0 unspecified atom stereocenters. The molecule has 0 radical (unpaired) electrons. The first-order chi connectivity index (χ1) is 26.9. The van der Waals surface area contributed by atoms with Gasteiger partial charge in [-0.15, -0.1) is 0 Å². The number of nitrogens with zero attached hydrogens (tertiary/aromatic N) is 2. The first-order valence-corrected chi connectivity index (χ1v) is 20.5. The van der Waals surface area contributed by atoms with Crippen LogP contribution < -0.4 is 4.90 Å². The number of allylic oxidation sites excluding steroid dienone is 10. The third-order valence-electron chi connectivity index (χ3n) is 11.8. The average molecular weight is 765 g/mol. The lowest BCUT2D eigenvalue weighted by Crippen LogP contribution is -2.17. The van der Waals surface area contributed by atoms with E-state index < -0.39 is 0 Å². The number of carbonyl (C=O) groups is 1. The van der Waals surface area contributed by atoms with E-state index in [4.69, 9.17) is 0 Å². The Morgan fingerprint density at radius 2 is 1.02 bits per heavy atom. The molecule has 0 atom stereocenters. The Morgan fingerprint density at radius 3 is 1.57 bits per heavy atom. The third-order valence-corrected chi connectivity index (χ3v) is 11.8. The maximum atomic E-state index is 14.5. The minimum atomic E-state index is -0.130. The van der Waals surface area contributed by atoms with Crippen LogP contribution in [0, 0.1) is 5.41 Å². The van der Waals surface area contributed by atoms with Crippen molar-refractivity contribution in [3.63, 3.8) is 0 Å². The number of carbonyl (C=O) groups excluding carboxylic acids is 1. The number of ketones is 1. The van der Waals surface area contributed by atoms with Crippen LogP contribution in [0.1, 0.15) is 121 Å². The Bertz CT molecular complexity index is 2630. The quantitative estimate of drug-likeness (QED) is 0.167. The molecule has 3 heteroatoms. The third kappa shape index (κ3) is 7.44. The lowest BCUT2D eigenvalue weighted by Gasteiger charge is -2.31. The molecule has 3 nitrogen and oxygen atoms in total. The number of benzene rings is 4. The molecule has 7 rings (SSSR count). The van der Waals surface area contributed by atoms with Gasteiger partial charge in [0.1, 0.15) is 0 Å². The highest BCUT2D eigenvalue weighted by atomic mass is 16.1. The van der Waals surface area contributed by atoms with Gasteiger partial charge in [0.25, 0.3) is 0 Å². The van der Waals surface area contributed by atoms with Crippen molar-refractivity contribution in [2.24, 2.45) is 5.41 Å². The van der Waals surface area contributed by atoms with Crippen molar-refractivity contribution >= 4 is 55.8 Å². The molecule has 0 saturated heterocycles. The van der Waals surface area contributed by atoms with Crippen LogP contribution in [-0.4, -0.2) is 10.4 Å². The highest BCUT2D eigenvalue weighted by Gasteiger charge is 2.26. The van der Waals surface area contributed by atoms with E-state index in [1.807, 2.05) is 24.3 Å². The molecule has 5 aromatic rings. The number of aromatic nitrogens is 1. The summed E-state index contributed by atoms with van der Waals surface area (Å²) >= 11 is 0. The van der Waals surface area contributed by atoms with Gasteiger partial charge in [-0.2, -0.15) is 0 Å². The van der Waals surface area contributed by atoms with Gasteiger partial charge in [-0.25, -0.2) is 0 Å². The molecule has 1 aliphatic heterocycles. The summed E-state index contributed by atoms with van der Waals surface area (Å²) in [5, 5.41) is 2.41. The number of fused-ring (bicyclic) bond motifs is 5. The Kier molecular flexibility index (Phi) is 9.79. The van der Waals surface area contributed by atoms with Crippen LogP contribution in [0.5, 0.6) is 0 Å². The minimum Gasteiger partial charge on any atom is -0.317 e. The molecule has 0 N–H and O–H groups in total. The van der Waals surface area contributed by atoms with Crippen molar-refractivity contribution in [1.29, 1.82) is 0 Å². The Morgan fingerprint density at radius 1 is 0.483 bits per heavy atom. The van der Waals surface area contributed by atoms with E-state index in [0.717, 1.165) is 50.4 Å². The van der Waals surface area contributed by atoms with Crippen LogP contribution in [-0.2, 0) is 16.2 Å². The number of anilines is 2. The van der Waals surface area contributed by atoms with Gasteiger partial charge in [-0.3, -0.25) is 4.79 Å². The molecule has 0 saturated carbocycles. The average Bonchev–Trinajstić information content (AvgIpc) is 3.47. The van der Waals surface area contributed by atoms with Gasteiger partial charge < -0.3 is 9.47 Å². The maximum Gasteiger partial charge on any atom is 0.193 e. The van der Waals surface area contributed by atoms with E-state index in [9.17, 15) is 4.79 Å². The van der Waals surface area contributed by atoms with Crippen LogP contribution in [0.15, 0.2) is 140 Å². The molecule has 0 spiro atoms. The summed E-state index contributed by atoms with van der Waals surface area (Å²) in [5.74, 6) is -0.130. The molecule has 1 aliphatic carbocycles. The molecule has 2 heterocycles. The zero-order chi connectivity index (χ0) is 42.3. The zero-order valence-corrected chi connectivity index (χ0v) is 36.8. The van der Waals surface area contributed by atoms with Crippen LogP contribution in [0.2, 0.25) is 0 Å². The first-order valence-electron chi connectivity index (χ1n) is 20.5. The second kappa shape index (κ2) is 14.0. The lowest BCUT2D eigenvalue weighted by molar-refractivity contribution is 0.103. The molecule has 0 amide bonds. The van der Waals surface area contributed by atoms with Crippen molar-refractivity contribution in [2.75, 3.05) is 4.90 Å². The summed E-state index contributed by atoms with van der Waals surface area (Å²) in [6.07, 6.45) is 12.5. The van der Waals surface area contributed by atoms with Crippen molar-refractivity contribution in [3.05, 3.63) is 174 Å². The second-order valence-corrected chi connectivity index (χ2v) is 20.4. The summed E-state index contributed by atoms with van der Waals surface area (Å²) in [5.41, 5.74) is 14.4. The monoisotopic (exact) mass is 764 g/mol. The fourth-order valence-corrected chi connectivity index (χ4v) is 7.97. The molecule has 296 valence electrons. The Hall–Kier alpha value is -5.67. The largest absolute Gasteiger partial charge is 0.317 e. The Labute approximate surface area is 347 Å². The number of hydrogen-bond acceptors (Lipinski definition) is 2. The topological polar surface area (TPSA) is 25.2 Å². The van der Waals surface area contributed by atoms with Crippen LogP contribution in [0.25, 0.3) is 38.6 Å². The number of rotatable bonds is 2. The van der Waals surface area contributed by atoms with Crippen molar-refractivity contribution in [1.82, 2.24) is 4.57 Å². The van der Waals surface area contributed by atoms with Crippen LogP contribution in [0.3, 0.4) is 0 Å². The molecule has 0 fully saturated rings. The lowest BCUT2D eigenvalue weighted by atomic mass is 9.82. The molecule has 0 bridgehead atoms. The molecule has 2 aliphatic rings. The molecular weight excluding hydrogens is 705 g/mol. The SMILES string of the molecule is C=C1/C=C\C(n2c3ccc(C(C)(C)C)cc3c3cc(C(C)(C)C)ccc32)=CC(=C)c2ccc(N3/C=C\C(C(C)(C)C)=C/C(=C)c4cc(C(C)(C)C)ccc43)cc2C1=O. The molecule has 58 heavy (non-hydrogen) atoms. The smallest absolute Gasteiger partial charge is 0.193 e. The molecular formula is C55H60N2O. The number of Topliss-reactive ketones (excluding diaryl/α,β-unsaturated/α-hetero) is 1. The summed E-state index contributed by atoms with van der Waals surface area (Å²) < 4.78 is 2.31. The summed E-state index contributed by atoms with van der Waals surface area (Å²) in [4.78, 5) is 16.7. The van der Waals surface area contributed by atoms with Gasteiger partial charge in [0, 0.05) is 45.1 Å². The van der Waals surface area contributed by atoms with E-state index in [0.29, 0.717) is 11.1 Å². The van der Waals surface area contributed by atoms with E-state index in [1.165, 1.54) is 33.0 Å². The predicted octanol–water partition coefficient (Wildman–Crippen LogP) is 15.2. The Balaban J connectivity index is 1.41. The second-order valence-electron chi connectivity index (χ2n) is 20.4. The normalized spacial score (nSPS) is 17.8. The van der Waals surface area contributed by atoms with Gasteiger partial charge in [-0.1, -0.05) is 133 Å². The highest BCUT2D eigenvalue weighted by Crippen LogP contribution is 2.43. The van der Waals surface area contributed by atoms with E-state index in [1.54, 1.807) is 0 Å². The first kappa shape index (κ1) is 40.5. The van der Waals surface area contributed by atoms with Gasteiger partial charge in [-0.05, 0) is 133 Å². The number of hydrogen-bond donors (Lipinski definition) is 0. The van der Waals surface area contributed by atoms with E-state index in [-0.39, 0.29) is 27.4 Å². The highest BCUT2D eigenvalue weighted by molar-refractivity contribution is 6.15. The summed E-state index contributed by atoms with van der Waals surface area (Å²) in [6.45, 7) is 40.4. The molecule has 4 aromatic carbocycles. The van der Waals surface area contributed by atoms with E-state index in [2.05, 4.69) is 197 Å². The summed E-state index contributed by atoms with van der Waals surface area (Å²) in [7, 11) is 0. The van der Waals surface area contributed by atoms with E-state index >= 15 is 0 Å². The van der Waals surface area contributed by atoms with Crippen LogP contribution >= 0.6 is 0 Å². The van der Waals surface area contributed by atoms with Crippen molar-refractivity contribution in [3.8, 4) is 0 Å². The minimum absolute atomic E-state index is 0.00410.